The molecule has 0 saturated carbocycles. The molecule has 0 saturated heterocycles. The highest BCUT2D eigenvalue weighted by atomic mass is 19.1. The van der Waals surface area contributed by atoms with Gasteiger partial charge in [0.2, 0.25) is 0 Å². The molecule has 0 aliphatic carbocycles. The van der Waals surface area contributed by atoms with Crippen molar-refractivity contribution < 1.29 is 9.13 Å². The summed E-state index contributed by atoms with van der Waals surface area (Å²) in [4.78, 5) is 0. The second-order valence-corrected chi connectivity index (χ2v) is 3.30. The normalized spacial score (nSPS) is 10.4. The van der Waals surface area contributed by atoms with E-state index in [4.69, 9.17) is 10.5 Å². The van der Waals surface area contributed by atoms with Crippen LogP contribution >= 0.6 is 0 Å². The van der Waals surface area contributed by atoms with Crippen molar-refractivity contribution >= 4 is 0 Å². The number of methoxy groups -OCH3 is 1. The summed E-state index contributed by atoms with van der Waals surface area (Å²) in [5.74, 6) is -0.212. The first-order valence-corrected chi connectivity index (χ1v) is 4.82. The molecule has 0 fully saturated rings. The number of benzene rings is 1. The molecule has 5 heteroatoms. The fourth-order valence-electron chi connectivity index (χ4n) is 1.63. The number of H-pyrrole nitrogens is 1. The SMILES string of the molecule is COc1ccc(-c2cn[nH]c2)c(CN)c1F. The maximum atomic E-state index is 13.9. The fraction of sp³-hybridized carbons (Fsp3) is 0.182. The van der Waals surface area contributed by atoms with Crippen LogP contribution in [0, 0.1) is 5.82 Å². The van der Waals surface area contributed by atoms with Crippen molar-refractivity contribution in [2.75, 3.05) is 7.11 Å². The van der Waals surface area contributed by atoms with E-state index in [2.05, 4.69) is 10.2 Å². The van der Waals surface area contributed by atoms with Gasteiger partial charge in [0.05, 0.1) is 13.3 Å². The number of halogens is 1. The van der Waals surface area contributed by atoms with Crippen molar-refractivity contribution in [3.63, 3.8) is 0 Å². The van der Waals surface area contributed by atoms with Gasteiger partial charge in [0, 0.05) is 23.9 Å². The van der Waals surface area contributed by atoms with Gasteiger partial charge in [-0.05, 0) is 11.6 Å². The number of nitrogens with two attached hydrogens (primary N) is 1. The molecular formula is C11H12FN3O. The van der Waals surface area contributed by atoms with Gasteiger partial charge in [0.15, 0.2) is 11.6 Å². The van der Waals surface area contributed by atoms with Crippen LogP contribution in [0.3, 0.4) is 0 Å². The van der Waals surface area contributed by atoms with E-state index in [0.717, 1.165) is 11.1 Å². The Morgan fingerprint density at radius 1 is 1.50 bits per heavy atom. The first-order valence-electron chi connectivity index (χ1n) is 4.82. The molecule has 1 aromatic heterocycles. The van der Waals surface area contributed by atoms with Crippen molar-refractivity contribution in [3.05, 3.63) is 35.9 Å². The number of hydrogen-bond acceptors (Lipinski definition) is 3. The maximum absolute atomic E-state index is 13.9. The van der Waals surface area contributed by atoms with Crippen molar-refractivity contribution in [2.24, 2.45) is 5.73 Å². The Morgan fingerprint density at radius 2 is 2.31 bits per heavy atom. The second-order valence-electron chi connectivity index (χ2n) is 3.30. The van der Waals surface area contributed by atoms with Gasteiger partial charge < -0.3 is 10.5 Å². The molecule has 1 heterocycles. The third kappa shape index (κ3) is 1.65. The van der Waals surface area contributed by atoms with Crippen LogP contribution < -0.4 is 10.5 Å². The Hall–Kier alpha value is -1.88. The van der Waals surface area contributed by atoms with Crippen LogP contribution in [0.4, 0.5) is 4.39 Å². The van der Waals surface area contributed by atoms with Gasteiger partial charge in [-0.1, -0.05) is 6.07 Å². The Morgan fingerprint density at radius 3 is 2.88 bits per heavy atom. The maximum Gasteiger partial charge on any atom is 0.170 e. The predicted octanol–water partition coefficient (Wildman–Crippen LogP) is 1.68. The number of ether oxygens (including phenoxy) is 1. The Balaban J connectivity index is 2.59. The van der Waals surface area contributed by atoms with E-state index in [9.17, 15) is 4.39 Å². The van der Waals surface area contributed by atoms with Gasteiger partial charge in [0.1, 0.15) is 0 Å². The highest BCUT2D eigenvalue weighted by Gasteiger charge is 2.14. The molecule has 0 atom stereocenters. The molecule has 0 amide bonds. The van der Waals surface area contributed by atoms with Gasteiger partial charge in [-0.3, -0.25) is 5.10 Å². The molecule has 16 heavy (non-hydrogen) atoms. The van der Waals surface area contributed by atoms with Crippen molar-refractivity contribution in [1.82, 2.24) is 10.2 Å². The number of aromatic nitrogens is 2. The molecule has 84 valence electrons. The summed E-state index contributed by atoms with van der Waals surface area (Å²) < 4.78 is 18.8. The largest absolute Gasteiger partial charge is 0.494 e. The smallest absolute Gasteiger partial charge is 0.170 e. The van der Waals surface area contributed by atoms with Gasteiger partial charge in [0.25, 0.3) is 0 Å². The van der Waals surface area contributed by atoms with Crippen LogP contribution in [0.25, 0.3) is 11.1 Å². The minimum atomic E-state index is -0.413. The molecule has 0 aliphatic rings. The lowest BCUT2D eigenvalue weighted by atomic mass is 10.0. The minimum Gasteiger partial charge on any atom is -0.494 e. The molecule has 0 spiro atoms. The standard InChI is InChI=1S/C11H12FN3O/c1-16-10-3-2-8(7-5-14-15-6-7)9(4-13)11(10)12/h2-3,5-6H,4,13H2,1H3,(H,14,15). The minimum absolute atomic E-state index is 0.115. The van der Waals surface area contributed by atoms with E-state index in [1.54, 1.807) is 24.5 Å². The number of aromatic amines is 1. The van der Waals surface area contributed by atoms with Gasteiger partial charge in [-0.2, -0.15) is 5.10 Å². The summed E-state index contributed by atoms with van der Waals surface area (Å²) in [5.41, 5.74) is 7.52. The average molecular weight is 221 g/mol. The quantitative estimate of drug-likeness (QED) is 0.828. The number of nitrogens with zero attached hydrogens (tertiary/aromatic N) is 1. The summed E-state index contributed by atoms with van der Waals surface area (Å²) in [6, 6.07) is 3.35. The van der Waals surface area contributed by atoms with E-state index in [0.29, 0.717) is 5.56 Å². The van der Waals surface area contributed by atoms with Crippen LogP contribution in [-0.2, 0) is 6.54 Å². The topological polar surface area (TPSA) is 63.9 Å². The van der Waals surface area contributed by atoms with Crippen molar-refractivity contribution in [1.29, 1.82) is 0 Å². The van der Waals surface area contributed by atoms with Gasteiger partial charge in [-0.15, -0.1) is 0 Å². The third-order valence-corrected chi connectivity index (χ3v) is 2.44. The average Bonchev–Trinajstić information content (AvgIpc) is 2.82. The van der Waals surface area contributed by atoms with Crippen molar-refractivity contribution in [2.45, 2.75) is 6.54 Å². The lowest BCUT2D eigenvalue weighted by Crippen LogP contribution is -2.04. The van der Waals surface area contributed by atoms with Crippen LogP contribution in [0.5, 0.6) is 5.75 Å². The molecule has 3 N–H and O–H groups in total. The first kappa shape index (κ1) is 10.6. The Bertz CT molecular complexity index is 482. The fourth-order valence-corrected chi connectivity index (χ4v) is 1.63. The Labute approximate surface area is 92.2 Å². The van der Waals surface area contributed by atoms with Crippen LogP contribution in [0.2, 0.25) is 0 Å². The van der Waals surface area contributed by atoms with Crippen LogP contribution in [0.1, 0.15) is 5.56 Å². The highest BCUT2D eigenvalue weighted by molar-refractivity contribution is 5.67. The lowest BCUT2D eigenvalue weighted by Gasteiger charge is -2.10. The monoisotopic (exact) mass is 221 g/mol. The first-order chi connectivity index (χ1) is 7.77. The number of hydrogen-bond donors (Lipinski definition) is 2. The van der Waals surface area contributed by atoms with Crippen molar-refractivity contribution in [3.8, 4) is 16.9 Å². The highest BCUT2D eigenvalue weighted by Crippen LogP contribution is 2.30. The summed E-state index contributed by atoms with van der Waals surface area (Å²) in [6.07, 6.45) is 3.32. The predicted molar refractivity (Wildman–Crippen MR) is 58.4 cm³/mol. The molecule has 2 aromatic rings. The molecular weight excluding hydrogens is 209 g/mol. The molecule has 1 aromatic carbocycles. The molecule has 2 rings (SSSR count). The summed E-state index contributed by atoms with van der Waals surface area (Å²) >= 11 is 0. The summed E-state index contributed by atoms with van der Waals surface area (Å²) in [6.45, 7) is 0.115. The Kier molecular flexibility index (Phi) is 2.87. The van der Waals surface area contributed by atoms with E-state index < -0.39 is 5.82 Å². The number of rotatable bonds is 3. The third-order valence-electron chi connectivity index (χ3n) is 2.44. The van der Waals surface area contributed by atoms with E-state index in [-0.39, 0.29) is 12.3 Å². The van der Waals surface area contributed by atoms with E-state index in [1.165, 1.54) is 7.11 Å². The zero-order valence-electron chi connectivity index (χ0n) is 8.83. The zero-order valence-corrected chi connectivity index (χ0v) is 8.83. The lowest BCUT2D eigenvalue weighted by molar-refractivity contribution is 0.384. The van der Waals surface area contributed by atoms with E-state index >= 15 is 0 Å². The zero-order chi connectivity index (χ0) is 11.5. The molecule has 4 nitrogen and oxygen atoms in total. The summed E-state index contributed by atoms with van der Waals surface area (Å²) in [7, 11) is 1.43. The summed E-state index contributed by atoms with van der Waals surface area (Å²) in [5, 5.41) is 6.51. The molecule has 0 radical (unpaired) electrons. The van der Waals surface area contributed by atoms with E-state index in [1.807, 2.05) is 0 Å². The number of nitrogens with one attached hydrogen (secondary N) is 1. The van der Waals surface area contributed by atoms with Gasteiger partial charge in [-0.25, -0.2) is 4.39 Å². The molecule has 0 aliphatic heterocycles. The molecule has 0 unspecified atom stereocenters. The van der Waals surface area contributed by atoms with Crippen LogP contribution in [-0.4, -0.2) is 17.3 Å². The van der Waals surface area contributed by atoms with Gasteiger partial charge >= 0.3 is 0 Å². The second kappa shape index (κ2) is 4.32. The van der Waals surface area contributed by atoms with Crippen LogP contribution in [0.15, 0.2) is 24.5 Å². The molecule has 0 bridgehead atoms.